The number of hydrogen-bond acceptors (Lipinski definition) is 4. The predicted octanol–water partition coefficient (Wildman–Crippen LogP) is 4.04. The van der Waals surface area contributed by atoms with Crippen LogP contribution in [0.1, 0.15) is 27.2 Å². The van der Waals surface area contributed by atoms with E-state index in [0.717, 1.165) is 17.2 Å². The van der Waals surface area contributed by atoms with Crippen LogP contribution in [0.5, 0.6) is 11.5 Å². The van der Waals surface area contributed by atoms with Gasteiger partial charge < -0.3 is 14.8 Å². The van der Waals surface area contributed by atoms with Gasteiger partial charge in [0, 0.05) is 23.5 Å². The van der Waals surface area contributed by atoms with E-state index in [9.17, 15) is 0 Å². The maximum Gasteiger partial charge on any atom is 0.162 e. The van der Waals surface area contributed by atoms with E-state index >= 15 is 0 Å². The SMILES string of the molecule is CCOc1ccc(NC2CSCC(C)(C)C2)cc1OC. The zero-order valence-electron chi connectivity index (χ0n) is 12.9. The van der Waals surface area contributed by atoms with E-state index in [-0.39, 0.29) is 0 Å². The zero-order chi connectivity index (χ0) is 14.6. The van der Waals surface area contributed by atoms with Gasteiger partial charge in [-0.2, -0.15) is 11.8 Å². The van der Waals surface area contributed by atoms with Gasteiger partial charge in [0.25, 0.3) is 0 Å². The van der Waals surface area contributed by atoms with Crippen molar-refractivity contribution in [3.05, 3.63) is 18.2 Å². The number of methoxy groups -OCH3 is 1. The Labute approximate surface area is 126 Å². The Morgan fingerprint density at radius 1 is 1.35 bits per heavy atom. The van der Waals surface area contributed by atoms with Gasteiger partial charge in [0.05, 0.1) is 13.7 Å². The molecule has 1 heterocycles. The van der Waals surface area contributed by atoms with E-state index in [4.69, 9.17) is 9.47 Å². The molecule has 1 unspecified atom stereocenters. The Bertz CT molecular complexity index is 448. The summed E-state index contributed by atoms with van der Waals surface area (Å²) >= 11 is 2.03. The Hall–Kier alpha value is -1.03. The first-order valence-corrected chi connectivity index (χ1v) is 8.34. The van der Waals surface area contributed by atoms with Crippen molar-refractivity contribution in [3.8, 4) is 11.5 Å². The molecule has 0 bridgehead atoms. The molecule has 112 valence electrons. The van der Waals surface area contributed by atoms with Crippen molar-refractivity contribution in [1.29, 1.82) is 0 Å². The first-order valence-electron chi connectivity index (χ1n) is 7.19. The van der Waals surface area contributed by atoms with Crippen LogP contribution in [0.2, 0.25) is 0 Å². The molecule has 1 saturated heterocycles. The standard InChI is InChI=1S/C16H25NO2S/c1-5-19-14-7-6-12(8-15(14)18-4)17-13-9-16(2,3)11-20-10-13/h6-8,13,17H,5,9-11H2,1-4H3. The minimum Gasteiger partial charge on any atom is -0.493 e. The number of rotatable bonds is 5. The van der Waals surface area contributed by atoms with Gasteiger partial charge in [0.2, 0.25) is 0 Å². The fraction of sp³-hybridized carbons (Fsp3) is 0.625. The van der Waals surface area contributed by atoms with Crippen LogP contribution < -0.4 is 14.8 Å². The van der Waals surface area contributed by atoms with Crippen LogP contribution in [0, 0.1) is 5.41 Å². The topological polar surface area (TPSA) is 30.5 Å². The summed E-state index contributed by atoms with van der Waals surface area (Å²) in [5, 5.41) is 3.62. The largest absolute Gasteiger partial charge is 0.493 e. The monoisotopic (exact) mass is 295 g/mol. The van der Waals surface area contributed by atoms with Crippen molar-refractivity contribution >= 4 is 17.4 Å². The molecule has 1 N–H and O–H groups in total. The van der Waals surface area contributed by atoms with Crippen LogP contribution in [0.25, 0.3) is 0 Å². The Kier molecular flexibility index (Phi) is 5.08. The van der Waals surface area contributed by atoms with E-state index in [2.05, 4.69) is 25.2 Å². The molecule has 1 aliphatic heterocycles. The van der Waals surface area contributed by atoms with E-state index < -0.39 is 0 Å². The van der Waals surface area contributed by atoms with Crippen LogP contribution in [-0.4, -0.2) is 31.3 Å². The third kappa shape index (κ3) is 3.98. The molecule has 1 aromatic rings. The molecule has 0 amide bonds. The highest BCUT2D eigenvalue weighted by Gasteiger charge is 2.28. The van der Waals surface area contributed by atoms with Crippen molar-refractivity contribution in [3.63, 3.8) is 0 Å². The normalized spacial score (nSPS) is 21.3. The molecule has 4 heteroatoms. The summed E-state index contributed by atoms with van der Waals surface area (Å²) in [7, 11) is 1.68. The molecule has 2 rings (SSSR count). The molecule has 3 nitrogen and oxygen atoms in total. The minimum absolute atomic E-state index is 0.413. The summed E-state index contributed by atoms with van der Waals surface area (Å²) in [6.45, 7) is 7.31. The number of nitrogens with one attached hydrogen (secondary N) is 1. The molecule has 1 atom stereocenters. The quantitative estimate of drug-likeness (QED) is 0.888. The molecule has 20 heavy (non-hydrogen) atoms. The summed E-state index contributed by atoms with van der Waals surface area (Å²) in [6.07, 6.45) is 1.20. The van der Waals surface area contributed by atoms with Crippen LogP contribution in [0.15, 0.2) is 18.2 Å². The van der Waals surface area contributed by atoms with Gasteiger partial charge in [-0.25, -0.2) is 0 Å². The molecule has 0 radical (unpaired) electrons. The first-order chi connectivity index (χ1) is 9.54. The van der Waals surface area contributed by atoms with Gasteiger partial charge in [0.15, 0.2) is 11.5 Å². The number of hydrogen-bond donors (Lipinski definition) is 1. The van der Waals surface area contributed by atoms with E-state index in [0.29, 0.717) is 18.1 Å². The lowest BCUT2D eigenvalue weighted by Crippen LogP contribution is -2.35. The number of benzene rings is 1. The summed E-state index contributed by atoms with van der Waals surface area (Å²) in [6, 6.07) is 6.59. The Balaban J connectivity index is 2.06. The summed E-state index contributed by atoms with van der Waals surface area (Å²) in [5.74, 6) is 4.01. The summed E-state index contributed by atoms with van der Waals surface area (Å²) in [4.78, 5) is 0. The molecule has 0 aliphatic carbocycles. The maximum absolute atomic E-state index is 5.55. The van der Waals surface area contributed by atoms with Gasteiger partial charge in [-0.15, -0.1) is 0 Å². The lowest BCUT2D eigenvalue weighted by atomic mass is 9.88. The van der Waals surface area contributed by atoms with E-state index in [1.807, 2.05) is 30.8 Å². The fourth-order valence-corrected chi connectivity index (χ4v) is 3.90. The zero-order valence-corrected chi connectivity index (χ0v) is 13.7. The second-order valence-corrected chi connectivity index (χ2v) is 7.05. The second-order valence-electron chi connectivity index (χ2n) is 6.02. The van der Waals surface area contributed by atoms with Gasteiger partial charge in [-0.05, 0) is 36.6 Å². The molecule has 0 aromatic heterocycles. The van der Waals surface area contributed by atoms with Gasteiger partial charge >= 0.3 is 0 Å². The highest BCUT2D eigenvalue weighted by atomic mass is 32.2. The number of ether oxygens (including phenoxy) is 2. The number of thioether (sulfide) groups is 1. The van der Waals surface area contributed by atoms with E-state index in [1.54, 1.807) is 7.11 Å². The number of anilines is 1. The van der Waals surface area contributed by atoms with Crippen LogP contribution in [0.4, 0.5) is 5.69 Å². The molecular formula is C16H25NO2S. The highest BCUT2D eigenvalue weighted by molar-refractivity contribution is 7.99. The molecule has 1 aliphatic rings. The Morgan fingerprint density at radius 2 is 2.15 bits per heavy atom. The molecule has 0 saturated carbocycles. The second kappa shape index (κ2) is 6.61. The third-order valence-electron chi connectivity index (χ3n) is 3.45. The highest BCUT2D eigenvalue weighted by Crippen LogP contribution is 2.36. The third-order valence-corrected chi connectivity index (χ3v) is 5.07. The lowest BCUT2D eigenvalue weighted by Gasteiger charge is -2.35. The van der Waals surface area contributed by atoms with Crippen molar-refractivity contribution in [2.24, 2.45) is 5.41 Å². The molecule has 1 fully saturated rings. The van der Waals surface area contributed by atoms with Gasteiger partial charge in [-0.3, -0.25) is 0 Å². The predicted molar refractivity (Wildman–Crippen MR) is 87.3 cm³/mol. The molecule has 0 spiro atoms. The summed E-state index contributed by atoms with van der Waals surface area (Å²) in [5.41, 5.74) is 1.52. The Morgan fingerprint density at radius 3 is 2.80 bits per heavy atom. The molecular weight excluding hydrogens is 270 g/mol. The summed E-state index contributed by atoms with van der Waals surface area (Å²) < 4.78 is 10.9. The van der Waals surface area contributed by atoms with Crippen molar-refractivity contribution in [2.75, 3.05) is 30.5 Å². The van der Waals surface area contributed by atoms with Crippen LogP contribution >= 0.6 is 11.8 Å². The van der Waals surface area contributed by atoms with Gasteiger partial charge in [-0.1, -0.05) is 13.8 Å². The smallest absolute Gasteiger partial charge is 0.162 e. The molecule has 1 aromatic carbocycles. The van der Waals surface area contributed by atoms with Crippen molar-refractivity contribution in [2.45, 2.75) is 33.2 Å². The maximum atomic E-state index is 5.55. The van der Waals surface area contributed by atoms with Crippen molar-refractivity contribution < 1.29 is 9.47 Å². The minimum atomic E-state index is 0.413. The first kappa shape index (κ1) is 15.4. The van der Waals surface area contributed by atoms with Crippen LogP contribution in [0.3, 0.4) is 0 Å². The van der Waals surface area contributed by atoms with Crippen molar-refractivity contribution in [1.82, 2.24) is 0 Å². The van der Waals surface area contributed by atoms with Crippen LogP contribution in [-0.2, 0) is 0 Å². The van der Waals surface area contributed by atoms with E-state index in [1.165, 1.54) is 17.9 Å². The van der Waals surface area contributed by atoms with Gasteiger partial charge in [0.1, 0.15) is 0 Å². The lowest BCUT2D eigenvalue weighted by molar-refractivity contribution is 0.311. The average molecular weight is 295 g/mol. The fourth-order valence-electron chi connectivity index (χ4n) is 2.62. The average Bonchev–Trinajstić information content (AvgIpc) is 2.39.